The molecule has 0 aromatic carbocycles. The summed E-state index contributed by atoms with van der Waals surface area (Å²) in [7, 11) is 1.77. The number of amides is 1. The lowest BCUT2D eigenvalue weighted by Gasteiger charge is -2.34. The van der Waals surface area contributed by atoms with E-state index in [1.165, 1.54) is 0 Å². The van der Waals surface area contributed by atoms with Crippen LogP contribution in [0, 0.1) is 5.92 Å². The van der Waals surface area contributed by atoms with Gasteiger partial charge in [0.05, 0.1) is 18.8 Å². The molecule has 0 spiro atoms. The molecule has 1 amide bonds. The van der Waals surface area contributed by atoms with Gasteiger partial charge in [0.1, 0.15) is 5.60 Å². The lowest BCUT2D eigenvalue weighted by Crippen LogP contribution is -2.57. The van der Waals surface area contributed by atoms with Crippen molar-refractivity contribution in [2.24, 2.45) is 10.9 Å². The highest BCUT2D eigenvalue weighted by atomic mass is 16.6. The molecule has 29 heavy (non-hydrogen) atoms. The summed E-state index contributed by atoms with van der Waals surface area (Å²) < 4.78 is 10.9. The van der Waals surface area contributed by atoms with Gasteiger partial charge in [-0.15, -0.1) is 0 Å². The SMILES string of the molecule is CCC(CC)(CNC(=NC)NCC(C)CN1CCOCC1)NC(=O)OC(C)(C)C. The number of nitrogens with zero attached hydrogens (tertiary/aromatic N) is 2. The Balaban J connectivity index is 2.50. The third-order valence-electron chi connectivity index (χ3n) is 5.23. The second kappa shape index (κ2) is 12.2. The Morgan fingerprint density at radius 2 is 1.79 bits per heavy atom. The molecule has 170 valence electrons. The van der Waals surface area contributed by atoms with Gasteiger partial charge in [0.2, 0.25) is 0 Å². The monoisotopic (exact) mass is 413 g/mol. The number of morpholine rings is 1. The molecule has 0 bridgehead atoms. The van der Waals surface area contributed by atoms with Gasteiger partial charge in [-0.05, 0) is 39.5 Å². The van der Waals surface area contributed by atoms with Crippen LogP contribution in [-0.4, -0.2) is 81.1 Å². The predicted octanol–water partition coefficient (Wildman–Crippen LogP) is 2.20. The summed E-state index contributed by atoms with van der Waals surface area (Å²) in [5.74, 6) is 1.24. The number of carbonyl (C=O) groups is 1. The van der Waals surface area contributed by atoms with Crippen LogP contribution in [0.3, 0.4) is 0 Å². The van der Waals surface area contributed by atoms with Crippen molar-refractivity contribution in [1.82, 2.24) is 20.9 Å². The van der Waals surface area contributed by atoms with Crippen LogP contribution in [0.1, 0.15) is 54.4 Å². The van der Waals surface area contributed by atoms with Crippen LogP contribution < -0.4 is 16.0 Å². The predicted molar refractivity (Wildman–Crippen MR) is 118 cm³/mol. The zero-order chi connectivity index (χ0) is 21.9. The fraction of sp³-hybridized carbons (Fsp3) is 0.905. The van der Waals surface area contributed by atoms with Crippen molar-refractivity contribution in [3.63, 3.8) is 0 Å². The molecule has 0 aromatic rings. The first-order chi connectivity index (χ1) is 13.6. The Bertz CT molecular complexity index is 509. The van der Waals surface area contributed by atoms with E-state index in [1.807, 2.05) is 20.8 Å². The molecule has 1 atom stereocenters. The molecule has 3 N–H and O–H groups in total. The van der Waals surface area contributed by atoms with Gasteiger partial charge in [-0.2, -0.15) is 0 Å². The lowest BCUT2D eigenvalue weighted by molar-refractivity contribution is 0.0320. The number of ether oxygens (including phenoxy) is 2. The summed E-state index contributed by atoms with van der Waals surface area (Å²) in [6, 6.07) is 0. The molecule has 1 fully saturated rings. The molecule has 8 nitrogen and oxygen atoms in total. The van der Waals surface area contributed by atoms with Crippen LogP contribution in [0.4, 0.5) is 4.79 Å². The largest absolute Gasteiger partial charge is 0.444 e. The maximum Gasteiger partial charge on any atom is 0.408 e. The third-order valence-corrected chi connectivity index (χ3v) is 5.23. The van der Waals surface area contributed by atoms with Gasteiger partial charge < -0.3 is 25.4 Å². The summed E-state index contributed by atoms with van der Waals surface area (Å²) in [5, 5.41) is 9.84. The topological polar surface area (TPSA) is 87.2 Å². The fourth-order valence-electron chi connectivity index (χ4n) is 3.27. The van der Waals surface area contributed by atoms with Crippen molar-refractivity contribution in [3.8, 4) is 0 Å². The lowest BCUT2D eigenvalue weighted by atomic mass is 9.93. The molecule has 0 saturated carbocycles. The molecule has 1 unspecified atom stereocenters. The second-order valence-electron chi connectivity index (χ2n) is 8.94. The summed E-state index contributed by atoms with van der Waals surface area (Å²) in [4.78, 5) is 19.1. The summed E-state index contributed by atoms with van der Waals surface area (Å²) in [6.45, 7) is 18.1. The van der Waals surface area contributed by atoms with Crippen LogP contribution in [0.15, 0.2) is 4.99 Å². The minimum Gasteiger partial charge on any atom is -0.444 e. The number of guanidine groups is 1. The molecule has 8 heteroatoms. The smallest absolute Gasteiger partial charge is 0.408 e. The van der Waals surface area contributed by atoms with Gasteiger partial charge in [0, 0.05) is 39.8 Å². The fourth-order valence-corrected chi connectivity index (χ4v) is 3.27. The van der Waals surface area contributed by atoms with Gasteiger partial charge >= 0.3 is 6.09 Å². The molecule has 0 radical (unpaired) electrons. The average Bonchev–Trinajstić information content (AvgIpc) is 2.66. The van der Waals surface area contributed by atoms with Gasteiger partial charge in [-0.3, -0.25) is 9.89 Å². The number of rotatable bonds is 9. The van der Waals surface area contributed by atoms with Gasteiger partial charge in [-0.1, -0.05) is 20.8 Å². The van der Waals surface area contributed by atoms with E-state index in [-0.39, 0.29) is 11.6 Å². The van der Waals surface area contributed by atoms with Crippen molar-refractivity contribution in [2.75, 3.05) is 53.0 Å². The normalized spacial score (nSPS) is 17.6. The van der Waals surface area contributed by atoms with Crippen molar-refractivity contribution >= 4 is 12.1 Å². The number of nitrogens with one attached hydrogen (secondary N) is 3. The first-order valence-corrected chi connectivity index (χ1v) is 10.9. The zero-order valence-corrected chi connectivity index (χ0v) is 19.6. The first-order valence-electron chi connectivity index (χ1n) is 10.9. The van der Waals surface area contributed by atoms with Crippen LogP contribution in [0.5, 0.6) is 0 Å². The second-order valence-corrected chi connectivity index (χ2v) is 8.94. The zero-order valence-electron chi connectivity index (χ0n) is 19.6. The number of carbonyl (C=O) groups excluding carboxylic acids is 1. The third kappa shape index (κ3) is 10.2. The van der Waals surface area contributed by atoms with Crippen molar-refractivity contribution in [2.45, 2.75) is 65.5 Å². The van der Waals surface area contributed by atoms with E-state index in [4.69, 9.17) is 9.47 Å². The molecule has 1 saturated heterocycles. The maximum atomic E-state index is 12.3. The maximum absolute atomic E-state index is 12.3. The van der Waals surface area contributed by atoms with E-state index in [2.05, 4.69) is 46.6 Å². The molecule has 1 rings (SSSR count). The quantitative estimate of drug-likeness (QED) is 0.397. The molecular formula is C21H43N5O3. The Morgan fingerprint density at radius 1 is 1.17 bits per heavy atom. The minimum absolute atomic E-state index is 0.384. The molecule has 1 heterocycles. The number of alkyl carbamates (subject to hydrolysis) is 1. The highest BCUT2D eigenvalue weighted by molar-refractivity contribution is 5.79. The Labute approximate surface area is 177 Å². The van der Waals surface area contributed by atoms with Gasteiger partial charge in [0.25, 0.3) is 0 Å². The van der Waals surface area contributed by atoms with E-state index < -0.39 is 5.60 Å². The number of hydrogen-bond acceptors (Lipinski definition) is 5. The van der Waals surface area contributed by atoms with Crippen molar-refractivity contribution < 1.29 is 14.3 Å². The molecule has 1 aliphatic heterocycles. The van der Waals surface area contributed by atoms with E-state index >= 15 is 0 Å². The molecule has 1 aliphatic rings. The van der Waals surface area contributed by atoms with Crippen LogP contribution in [-0.2, 0) is 9.47 Å². The number of hydrogen-bond donors (Lipinski definition) is 3. The van der Waals surface area contributed by atoms with E-state index in [0.29, 0.717) is 12.5 Å². The molecular weight excluding hydrogens is 370 g/mol. The van der Waals surface area contributed by atoms with Crippen LogP contribution >= 0.6 is 0 Å². The van der Waals surface area contributed by atoms with Gasteiger partial charge in [-0.25, -0.2) is 4.79 Å². The van der Waals surface area contributed by atoms with E-state index in [0.717, 1.165) is 58.2 Å². The van der Waals surface area contributed by atoms with Crippen molar-refractivity contribution in [1.29, 1.82) is 0 Å². The highest BCUT2D eigenvalue weighted by Gasteiger charge is 2.30. The van der Waals surface area contributed by atoms with Crippen LogP contribution in [0.25, 0.3) is 0 Å². The summed E-state index contributed by atoms with van der Waals surface area (Å²) in [5.41, 5.74) is -0.904. The van der Waals surface area contributed by atoms with Gasteiger partial charge in [0.15, 0.2) is 5.96 Å². The standard InChI is InChI=1S/C21H43N5O3/c1-8-21(9-2,25-19(27)29-20(4,5)6)16-24-18(22-7)23-14-17(3)15-26-10-12-28-13-11-26/h17H,8-16H2,1-7H3,(H,25,27)(H2,22,23,24). The van der Waals surface area contributed by atoms with E-state index in [1.54, 1.807) is 7.05 Å². The van der Waals surface area contributed by atoms with Crippen LogP contribution in [0.2, 0.25) is 0 Å². The highest BCUT2D eigenvalue weighted by Crippen LogP contribution is 2.16. The average molecular weight is 414 g/mol. The summed E-state index contributed by atoms with van der Waals surface area (Å²) >= 11 is 0. The van der Waals surface area contributed by atoms with Crippen molar-refractivity contribution in [3.05, 3.63) is 0 Å². The van der Waals surface area contributed by atoms with E-state index in [9.17, 15) is 4.79 Å². The Kier molecular flexibility index (Phi) is 10.7. The first kappa shape index (κ1) is 25.5. The molecule has 0 aliphatic carbocycles. The summed E-state index contributed by atoms with van der Waals surface area (Å²) in [6.07, 6.45) is 1.20. The Morgan fingerprint density at radius 3 is 2.31 bits per heavy atom. The number of aliphatic imine (C=N–C) groups is 1. The minimum atomic E-state index is -0.515. The Hall–Kier alpha value is -1.54. The molecule has 0 aromatic heterocycles.